The van der Waals surface area contributed by atoms with E-state index in [1.165, 1.54) is 0 Å². The number of nitrogens with one attached hydrogen (secondary N) is 1. The fourth-order valence-electron chi connectivity index (χ4n) is 2.89. The minimum absolute atomic E-state index is 0.210. The van der Waals surface area contributed by atoms with Crippen LogP contribution in [-0.4, -0.2) is 17.2 Å². The summed E-state index contributed by atoms with van der Waals surface area (Å²) in [7, 11) is 0. The van der Waals surface area contributed by atoms with Gasteiger partial charge in [0, 0.05) is 16.7 Å². The Bertz CT molecular complexity index is 834. The fourth-order valence-corrected chi connectivity index (χ4v) is 2.89. The maximum atomic E-state index is 12.2. The van der Waals surface area contributed by atoms with Gasteiger partial charge in [0.15, 0.2) is 0 Å². The van der Waals surface area contributed by atoms with Crippen molar-refractivity contribution in [2.45, 2.75) is 59.3 Å². The van der Waals surface area contributed by atoms with Crippen LogP contribution in [0.25, 0.3) is 0 Å². The standard InChI is InChI=1S/C23H30N2O2/c1-15-9-8-10-17(11-15)21(27)25-24-14-16-12-18(22(2,3)4)20(26)19(13-16)23(5,6)7/h8-14,26H,1-7H3,(H,25,27)/b24-14+. The SMILES string of the molecule is Cc1cccc(C(=O)N/N=C/c2cc(C(C)(C)C)c(O)c(C(C)(C)C)c2)c1. The van der Waals surface area contributed by atoms with Gasteiger partial charge in [0.05, 0.1) is 6.21 Å². The molecule has 144 valence electrons. The van der Waals surface area contributed by atoms with Gasteiger partial charge in [-0.05, 0) is 47.6 Å². The number of phenols is 1. The van der Waals surface area contributed by atoms with Crippen molar-refractivity contribution in [1.29, 1.82) is 0 Å². The van der Waals surface area contributed by atoms with E-state index in [9.17, 15) is 9.90 Å². The van der Waals surface area contributed by atoms with Gasteiger partial charge >= 0.3 is 0 Å². The molecule has 0 atom stereocenters. The monoisotopic (exact) mass is 366 g/mol. The van der Waals surface area contributed by atoms with E-state index < -0.39 is 0 Å². The maximum Gasteiger partial charge on any atom is 0.271 e. The van der Waals surface area contributed by atoms with Gasteiger partial charge in [-0.1, -0.05) is 59.2 Å². The summed E-state index contributed by atoms with van der Waals surface area (Å²) in [4.78, 5) is 12.2. The fraction of sp³-hybridized carbons (Fsp3) is 0.391. The van der Waals surface area contributed by atoms with Crippen molar-refractivity contribution in [2.75, 3.05) is 0 Å². The zero-order valence-electron chi connectivity index (χ0n) is 17.3. The summed E-state index contributed by atoms with van der Waals surface area (Å²) in [5.74, 6) is 0.0803. The van der Waals surface area contributed by atoms with Gasteiger partial charge in [0.2, 0.25) is 0 Å². The Morgan fingerprint density at radius 3 is 2.04 bits per heavy atom. The molecule has 1 amide bonds. The molecule has 0 unspecified atom stereocenters. The number of aryl methyl sites for hydroxylation is 1. The van der Waals surface area contributed by atoms with Crippen LogP contribution in [0.4, 0.5) is 0 Å². The first kappa shape index (κ1) is 20.7. The molecule has 0 fully saturated rings. The molecule has 0 saturated carbocycles. The number of hydrogen-bond donors (Lipinski definition) is 2. The first-order chi connectivity index (χ1) is 12.4. The second-order valence-electron chi connectivity index (χ2n) is 9.03. The number of nitrogens with zero attached hydrogens (tertiary/aromatic N) is 1. The summed E-state index contributed by atoms with van der Waals surface area (Å²) in [6, 6.07) is 11.2. The van der Waals surface area contributed by atoms with Gasteiger partial charge in [-0.25, -0.2) is 5.43 Å². The van der Waals surface area contributed by atoms with Gasteiger partial charge in [-0.2, -0.15) is 5.10 Å². The average Bonchev–Trinajstić information content (AvgIpc) is 2.53. The van der Waals surface area contributed by atoms with Crippen molar-refractivity contribution in [3.63, 3.8) is 0 Å². The molecule has 0 saturated heterocycles. The topological polar surface area (TPSA) is 61.7 Å². The summed E-state index contributed by atoms with van der Waals surface area (Å²) in [5, 5.41) is 14.9. The molecule has 0 radical (unpaired) electrons. The van der Waals surface area contributed by atoms with Crippen LogP contribution in [0.2, 0.25) is 0 Å². The van der Waals surface area contributed by atoms with Gasteiger partial charge in [0.25, 0.3) is 5.91 Å². The first-order valence-corrected chi connectivity index (χ1v) is 9.17. The molecule has 4 nitrogen and oxygen atoms in total. The van der Waals surface area contributed by atoms with E-state index >= 15 is 0 Å². The molecule has 0 heterocycles. The second kappa shape index (κ2) is 7.55. The molecule has 0 bridgehead atoms. The van der Waals surface area contributed by atoms with Crippen molar-refractivity contribution < 1.29 is 9.90 Å². The third-order valence-corrected chi connectivity index (χ3v) is 4.41. The van der Waals surface area contributed by atoms with Crippen LogP contribution in [-0.2, 0) is 10.8 Å². The zero-order valence-corrected chi connectivity index (χ0v) is 17.3. The van der Waals surface area contributed by atoms with E-state index in [0.717, 1.165) is 22.3 Å². The number of carbonyl (C=O) groups excluding carboxylic acids is 1. The Labute approximate surface area is 162 Å². The van der Waals surface area contributed by atoms with Crippen LogP contribution in [0.5, 0.6) is 5.75 Å². The van der Waals surface area contributed by atoms with E-state index in [4.69, 9.17) is 0 Å². The van der Waals surface area contributed by atoms with E-state index in [2.05, 4.69) is 52.1 Å². The Morgan fingerprint density at radius 2 is 1.56 bits per heavy atom. The number of phenolic OH excluding ortho intramolecular Hbond substituents is 1. The highest BCUT2D eigenvalue weighted by Gasteiger charge is 2.26. The predicted octanol–water partition coefficient (Wildman–Crippen LogP) is 5.06. The summed E-state index contributed by atoms with van der Waals surface area (Å²) >= 11 is 0. The van der Waals surface area contributed by atoms with Crippen molar-refractivity contribution in [3.8, 4) is 5.75 Å². The summed E-state index contributed by atoms with van der Waals surface area (Å²) in [5.41, 5.74) is 6.32. The molecule has 2 rings (SSSR count). The Hall–Kier alpha value is -2.62. The summed E-state index contributed by atoms with van der Waals surface area (Å²) in [6.07, 6.45) is 1.62. The van der Waals surface area contributed by atoms with Crippen molar-refractivity contribution in [3.05, 3.63) is 64.2 Å². The highest BCUT2D eigenvalue weighted by atomic mass is 16.3. The molecule has 4 heteroatoms. The van der Waals surface area contributed by atoms with E-state index in [0.29, 0.717) is 11.3 Å². The molecule has 0 aliphatic heterocycles. The minimum atomic E-state index is -0.249. The minimum Gasteiger partial charge on any atom is -0.507 e. The third kappa shape index (κ3) is 5.19. The molecular weight excluding hydrogens is 336 g/mol. The summed E-state index contributed by atoms with van der Waals surface area (Å²) < 4.78 is 0. The molecule has 2 aromatic carbocycles. The molecule has 2 aromatic rings. The van der Waals surface area contributed by atoms with Crippen LogP contribution < -0.4 is 5.43 Å². The molecule has 27 heavy (non-hydrogen) atoms. The number of rotatable bonds is 3. The van der Waals surface area contributed by atoms with Gasteiger partial charge in [-0.3, -0.25) is 4.79 Å². The Kier molecular flexibility index (Phi) is 5.79. The lowest BCUT2D eigenvalue weighted by Crippen LogP contribution is -2.19. The van der Waals surface area contributed by atoms with Crippen molar-refractivity contribution in [2.24, 2.45) is 5.10 Å². The number of hydrogen-bond acceptors (Lipinski definition) is 3. The van der Waals surface area contributed by atoms with E-state index in [1.54, 1.807) is 12.3 Å². The Balaban J connectivity index is 2.32. The van der Waals surface area contributed by atoms with Crippen LogP contribution in [0.3, 0.4) is 0 Å². The predicted molar refractivity (Wildman–Crippen MR) is 112 cm³/mol. The van der Waals surface area contributed by atoms with Crippen molar-refractivity contribution >= 4 is 12.1 Å². The maximum absolute atomic E-state index is 12.2. The first-order valence-electron chi connectivity index (χ1n) is 9.17. The lowest BCUT2D eigenvalue weighted by Gasteiger charge is -2.27. The number of benzene rings is 2. The molecule has 0 aromatic heterocycles. The van der Waals surface area contributed by atoms with Crippen LogP contribution >= 0.6 is 0 Å². The normalized spacial score (nSPS) is 12.4. The zero-order chi connectivity index (χ0) is 20.4. The number of amides is 1. The van der Waals surface area contributed by atoms with E-state index in [1.807, 2.05) is 37.3 Å². The number of aromatic hydroxyl groups is 1. The smallest absolute Gasteiger partial charge is 0.271 e. The van der Waals surface area contributed by atoms with Gasteiger partial charge in [0.1, 0.15) is 5.75 Å². The molecule has 0 spiro atoms. The number of hydrazone groups is 1. The third-order valence-electron chi connectivity index (χ3n) is 4.41. The quantitative estimate of drug-likeness (QED) is 0.589. The summed E-state index contributed by atoms with van der Waals surface area (Å²) in [6.45, 7) is 14.3. The van der Waals surface area contributed by atoms with Crippen LogP contribution in [0, 0.1) is 6.92 Å². The van der Waals surface area contributed by atoms with Crippen molar-refractivity contribution in [1.82, 2.24) is 5.43 Å². The highest BCUT2D eigenvalue weighted by Crippen LogP contribution is 2.39. The van der Waals surface area contributed by atoms with E-state index in [-0.39, 0.29) is 16.7 Å². The lowest BCUT2D eigenvalue weighted by atomic mass is 9.78. The van der Waals surface area contributed by atoms with Gasteiger partial charge < -0.3 is 5.11 Å². The molecular formula is C23H30N2O2. The Morgan fingerprint density at radius 1 is 1.00 bits per heavy atom. The average molecular weight is 367 g/mol. The highest BCUT2D eigenvalue weighted by molar-refractivity contribution is 5.95. The lowest BCUT2D eigenvalue weighted by molar-refractivity contribution is 0.0955. The molecule has 2 N–H and O–H groups in total. The van der Waals surface area contributed by atoms with Crippen LogP contribution in [0.1, 0.15) is 74.2 Å². The number of carbonyl (C=O) groups is 1. The largest absolute Gasteiger partial charge is 0.507 e. The molecule has 0 aliphatic rings. The van der Waals surface area contributed by atoms with Gasteiger partial charge in [-0.15, -0.1) is 0 Å². The van der Waals surface area contributed by atoms with Crippen LogP contribution in [0.15, 0.2) is 41.5 Å². The molecule has 0 aliphatic carbocycles. The second-order valence-corrected chi connectivity index (χ2v) is 9.03.